The summed E-state index contributed by atoms with van der Waals surface area (Å²) in [5.74, 6) is -0.950. The molecular formula is C17H15BrO4S. The average Bonchev–Trinajstić information content (AvgIpc) is 2.56. The molecule has 2 aromatic rings. The average molecular weight is 395 g/mol. The lowest BCUT2D eigenvalue weighted by atomic mass is 10.1. The second kappa shape index (κ2) is 8.17. The molecule has 6 heteroatoms. The van der Waals surface area contributed by atoms with Gasteiger partial charge < -0.3 is 9.47 Å². The fraction of sp³-hybridized carbons (Fsp3) is 0.176. The SMILES string of the molecule is CCOC(=O)c1cc(C(=O)OC)ccc1Sc1ccc(Br)cc1. The highest BCUT2D eigenvalue weighted by Gasteiger charge is 2.17. The molecular weight excluding hydrogens is 380 g/mol. The summed E-state index contributed by atoms with van der Waals surface area (Å²) < 4.78 is 10.8. The zero-order valence-electron chi connectivity index (χ0n) is 12.7. The summed E-state index contributed by atoms with van der Waals surface area (Å²) in [6, 6.07) is 12.6. The molecule has 0 atom stereocenters. The van der Waals surface area contributed by atoms with Crippen LogP contribution in [0, 0.1) is 0 Å². The third-order valence-corrected chi connectivity index (χ3v) is 4.55. The topological polar surface area (TPSA) is 52.6 Å². The van der Waals surface area contributed by atoms with E-state index in [0.29, 0.717) is 11.1 Å². The van der Waals surface area contributed by atoms with E-state index >= 15 is 0 Å². The van der Waals surface area contributed by atoms with Gasteiger partial charge in [0.15, 0.2) is 0 Å². The standard InChI is InChI=1S/C17H15BrO4S/c1-3-22-17(20)14-10-11(16(19)21-2)4-9-15(14)23-13-7-5-12(18)6-8-13/h4-10H,3H2,1-2H3. The van der Waals surface area contributed by atoms with Crippen molar-refractivity contribution < 1.29 is 19.1 Å². The first-order valence-corrected chi connectivity index (χ1v) is 8.49. The number of benzene rings is 2. The van der Waals surface area contributed by atoms with Crippen molar-refractivity contribution in [2.75, 3.05) is 13.7 Å². The van der Waals surface area contributed by atoms with Gasteiger partial charge in [-0.15, -0.1) is 0 Å². The Morgan fingerprint density at radius 2 is 1.78 bits per heavy atom. The number of methoxy groups -OCH3 is 1. The van der Waals surface area contributed by atoms with Crippen LogP contribution in [0.2, 0.25) is 0 Å². The maximum Gasteiger partial charge on any atom is 0.339 e. The number of hydrogen-bond donors (Lipinski definition) is 0. The maximum atomic E-state index is 12.2. The van der Waals surface area contributed by atoms with Crippen molar-refractivity contribution in [1.29, 1.82) is 0 Å². The van der Waals surface area contributed by atoms with Crippen LogP contribution in [0.5, 0.6) is 0 Å². The molecule has 2 aromatic carbocycles. The van der Waals surface area contributed by atoms with Gasteiger partial charge in [-0.25, -0.2) is 9.59 Å². The second-order valence-corrected chi connectivity index (χ2v) is 6.51. The fourth-order valence-electron chi connectivity index (χ4n) is 1.86. The third kappa shape index (κ3) is 4.59. The van der Waals surface area contributed by atoms with Gasteiger partial charge >= 0.3 is 11.9 Å². The van der Waals surface area contributed by atoms with E-state index in [2.05, 4.69) is 15.9 Å². The summed E-state index contributed by atoms with van der Waals surface area (Å²) >= 11 is 4.82. The van der Waals surface area contributed by atoms with Crippen LogP contribution >= 0.6 is 27.7 Å². The van der Waals surface area contributed by atoms with Crippen LogP contribution < -0.4 is 0 Å². The second-order valence-electron chi connectivity index (χ2n) is 4.48. The molecule has 0 amide bonds. The van der Waals surface area contributed by atoms with Gasteiger partial charge in [0.2, 0.25) is 0 Å². The molecule has 23 heavy (non-hydrogen) atoms. The summed E-state index contributed by atoms with van der Waals surface area (Å²) in [5.41, 5.74) is 0.665. The van der Waals surface area contributed by atoms with Crippen molar-refractivity contribution in [3.8, 4) is 0 Å². The summed E-state index contributed by atoms with van der Waals surface area (Å²) in [6.07, 6.45) is 0. The minimum Gasteiger partial charge on any atom is -0.465 e. The number of esters is 2. The molecule has 0 aliphatic heterocycles. The van der Waals surface area contributed by atoms with Crippen molar-refractivity contribution in [3.63, 3.8) is 0 Å². The van der Waals surface area contributed by atoms with E-state index in [-0.39, 0.29) is 6.61 Å². The largest absolute Gasteiger partial charge is 0.465 e. The molecule has 0 bridgehead atoms. The Labute approximate surface area is 147 Å². The van der Waals surface area contributed by atoms with Crippen molar-refractivity contribution >= 4 is 39.6 Å². The number of halogens is 1. The van der Waals surface area contributed by atoms with Gasteiger partial charge in [0.05, 0.1) is 24.8 Å². The van der Waals surface area contributed by atoms with Crippen LogP contribution in [-0.2, 0) is 9.47 Å². The lowest BCUT2D eigenvalue weighted by molar-refractivity contribution is 0.0522. The predicted octanol–water partition coefficient (Wildman–Crippen LogP) is 4.56. The molecule has 0 N–H and O–H groups in total. The van der Waals surface area contributed by atoms with E-state index in [1.165, 1.54) is 24.9 Å². The monoisotopic (exact) mass is 394 g/mol. The minimum atomic E-state index is -0.490. The Hall–Kier alpha value is -1.79. The summed E-state index contributed by atoms with van der Waals surface area (Å²) in [5, 5.41) is 0. The van der Waals surface area contributed by atoms with Gasteiger partial charge in [0, 0.05) is 14.3 Å². The molecule has 4 nitrogen and oxygen atoms in total. The van der Waals surface area contributed by atoms with Crippen LogP contribution in [0.3, 0.4) is 0 Å². The smallest absolute Gasteiger partial charge is 0.339 e. The zero-order valence-corrected chi connectivity index (χ0v) is 15.1. The van der Waals surface area contributed by atoms with Crippen LogP contribution in [0.1, 0.15) is 27.6 Å². The van der Waals surface area contributed by atoms with E-state index in [9.17, 15) is 9.59 Å². The van der Waals surface area contributed by atoms with Gasteiger partial charge in [-0.05, 0) is 49.4 Å². The molecule has 0 aliphatic rings. The third-order valence-electron chi connectivity index (χ3n) is 2.94. The number of hydrogen-bond acceptors (Lipinski definition) is 5. The molecule has 0 radical (unpaired) electrons. The highest BCUT2D eigenvalue weighted by atomic mass is 79.9. The van der Waals surface area contributed by atoms with Crippen LogP contribution in [0.4, 0.5) is 0 Å². The Morgan fingerprint density at radius 1 is 1.09 bits per heavy atom. The predicted molar refractivity (Wildman–Crippen MR) is 92.0 cm³/mol. The minimum absolute atomic E-state index is 0.268. The Balaban J connectivity index is 2.38. The number of ether oxygens (including phenoxy) is 2. The molecule has 0 fully saturated rings. The Morgan fingerprint density at radius 3 is 2.39 bits per heavy atom. The molecule has 0 aliphatic carbocycles. The van der Waals surface area contributed by atoms with Crippen LogP contribution in [0.25, 0.3) is 0 Å². The first kappa shape index (κ1) is 17.6. The molecule has 120 valence electrons. The molecule has 0 saturated heterocycles. The normalized spacial score (nSPS) is 10.2. The van der Waals surface area contributed by atoms with Gasteiger partial charge in [-0.3, -0.25) is 0 Å². The van der Waals surface area contributed by atoms with E-state index in [1.807, 2.05) is 24.3 Å². The van der Waals surface area contributed by atoms with Crippen LogP contribution in [0.15, 0.2) is 56.7 Å². The molecule has 0 spiro atoms. The van der Waals surface area contributed by atoms with Gasteiger partial charge in [-0.1, -0.05) is 27.7 Å². The van der Waals surface area contributed by atoms with E-state index in [0.717, 1.165) is 14.3 Å². The van der Waals surface area contributed by atoms with Crippen molar-refractivity contribution in [2.45, 2.75) is 16.7 Å². The van der Waals surface area contributed by atoms with E-state index < -0.39 is 11.9 Å². The van der Waals surface area contributed by atoms with Crippen molar-refractivity contribution in [3.05, 3.63) is 58.1 Å². The van der Waals surface area contributed by atoms with Gasteiger partial charge in [-0.2, -0.15) is 0 Å². The summed E-state index contributed by atoms with van der Waals surface area (Å²) in [7, 11) is 1.30. The van der Waals surface area contributed by atoms with Gasteiger partial charge in [0.1, 0.15) is 0 Å². The van der Waals surface area contributed by atoms with E-state index in [1.54, 1.807) is 19.1 Å². The molecule has 0 heterocycles. The highest BCUT2D eigenvalue weighted by molar-refractivity contribution is 9.10. The fourth-order valence-corrected chi connectivity index (χ4v) is 3.04. The molecule has 0 saturated carbocycles. The first-order valence-electron chi connectivity index (χ1n) is 6.88. The Kier molecular flexibility index (Phi) is 6.24. The summed E-state index contributed by atoms with van der Waals surface area (Å²) in [6.45, 7) is 2.01. The molecule has 0 aromatic heterocycles. The Bertz CT molecular complexity index is 713. The molecule has 0 unspecified atom stereocenters. The lowest BCUT2D eigenvalue weighted by Gasteiger charge is -2.10. The van der Waals surface area contributed by atoms with Gasteiger partial charge in [0.25, 0.3) is 0 Å². The number of carbonyl (C=O) groups is 2. The van der Waals surface area contributed by atoms with Crippen molar-refractivity contribution in [2.24, 2.45) is 0 Å². The quantitative estimate of drug-likeness (QED) is 0.695. The van der Waals surface area contributed by atoms with E-state index in [4.69, 9.17) is 9.47 Å². The van der Waals surface area contributed by atoms with Crippen LogP contribution in [-0.4, -0.2) is 25.7 Å². The number of carbonyl (C=O) groups excluding carboxylic acids is 2. The number of rotatable bonds is 5. The highest BCUT2D eigenvalue weighted by Crippen LogP contribution is 2.32. The van der Waals surface area contributed by atoms with Crippen molar-refractivity contribution in [1.82, 2.24) is 0 Å². The lowest BCUT2D eigenvalue weighted by Crippen LogP contribution is -2.09. The summed E-state index contributed by atoms with van der Waals surface area (Å²) in [4.78, 5) is 25.5. The first-order chi connectivity index (χ1) is 11.0. The maximum absolute atomic E-state index is 12.2. The molecule has 2 rings (SSSR count). The zero-order chi connectivity index (χ0) is 16.8.